The van der Waals surface area contributed by atoms with Gasteiger partial charge in [-0.25, -0.2) is 0 Å². The maximum atomic E-state index is 12.8. The third-order valence-corrected chi connectivity index (χ3v) is 12.2. The maximum Gasteiger partial charge on any atom is 0.306 e. The number of hydrogen-bond donors (Lipinski definition) is 0. The summed E-state index contributed by atoms with van der Waals surface area (Å²) in [7, 11) is 0. The summed E-state index contributed by atoms with van der Waals surface area (Å²) < 4.78 is 16.8. The Hall–Kier alpha value is -2.11. The fourth-order valence-electron chi connectivity index (χ4n) is 8.02. The predicted molar refractivity (Wildman–Crippen MR) is 266 cm³/mol. The topological polar surface area (TPSA) is 78.9 Å². The molecule has 0 fully saturated rings. The molecule has 0 heterocycles. The molecule has 0 bridgehead atoms. The van der Waals surface area contributed by atoms with E-state index < -0.39 is 6.10 Å². The lowest BCUT2D eigenvalue weighted by Crippen LogP contribution is -2.30. The smallest absolute Gasteiger partial charge is 0.306 e. The molecule has 364 valence electrons. The number of carbonyl (C=O) groups is 3. The maximum absolute atomic E-state index is 12.8. The summed E-state index contributed by atoms with van der Waals surface area (Å²) in [6.07, 6.45) is 58.8. The van der Waals surface area contributed by atoms with E-state index in [0.717, 1.165) is 64.2 Å². The molecule has 0 aliphatic heterocycles. The van der Waals surface area contributed by atoms with Crippen LogP contribution in [0.5, 0.6) is 0 Å². The van der Waals surface area contributed by atoms with Crippen LogP contribution in [0.4, 0.5) is 0 Å². The minimum atomic E-state index is -0.772. The predicted octanol–water partition coefficient (Wildman–Crippen LogP) is 17.9. The first-order valence-corrected chi connectivity index (χ1v) is 27.3. The minimum absolute atomic E-state index is 0.0722. The number of carbonyl (C=O) groups excluding carboxylic acids is 3. The van der Waals surface area contributed by atoms with Gasteiger partial charge in [0.15, 0.2) is 6.10 Å². The van der Waals surface area contributed by atoms with E-state index in [4.69, 9.17) is 14.2 Å². The van der Waals surface area contributed by atoms with Gasteiger partial charge in [-0.05, 0) is 70.6 Å². The van der Waals surface area contributed by atoms with Crippen LogP contribution in [0.3, 0.4) is 0 Å². The highest BCUT2D eigenvalue weighted by molar-refractivity contribution is 5.71. The van der Waals surface area contributed by atoms with Gasteiger partial charge in [0.2, 0.25) is 0 Å². The first kappa shape index (κ1) is 59.9. The minimum Gasteiger partial charge on any atom is -0.462 e. The summed E-state index contributed by atoms with van der Waals surface area (Å²) in [5, 5.41) is 0. The van der Waals surface area contributed by atoms with Crippen LogP contribution in [0.15, 0.2) is 24.3 Å². The Labute approximate surface area is 385 Å². The van der Waals surface area contributed by atoms with Crippen molar-refractivity contribution in [2.75, 3.05) is 13.2 Å². The molecule has 1 unspecified atom stereocenters. The molecule has 0 aromatic carbocycles. The zero-order chi connectivity index (χ0) is 45.1. The van der Waals surface area contributed by atoms with E-state index >= 15 is 0 Å². The summed E-state index contributed by atoms with van der Waals surface area (Å²) in [5.74, 6) is -0.871. The lowest BCUT2D eigenvalue weighted by molar-refractivity contribution is -0.167. The normalized spacial score (nSPS) is 12.1. The molecule has 0 rings (SSSR count). The van der Waals surface area contributed by atoms with Gasteiger partial charge in [0.25, 0.3) is 0 Å². The molecule has 0 amide bonds. The first-order chi connectivity index (χ1) is 30.5. The van der Waals surface area contributed by atoms with E-state index in [1.807, 2.05) is 0 Å². The third-order valence-electron chi connectivity index (χ3n) is 12.2. The van der Waals surface area contributed by atoms with Crippen molar-refractivity contribution < 1.29 is 28.6 Å². The van der Waals surface area contributed by atoms with Crippen molar-refractivity contribution in [1.29, 1.82) is 0 Å². The van der Waals surface area contributed by atoms with E-state index in [9.17, 15) is 14.4 Å². The molecule has 6 heteroatoms. The lowest BCUT2D eigenvalue weighted by atomic mass is 10.1. The van der Waals surface area contributed by atoms with Gasteiger partial charge in [-0.1, -0.05) is 231 Å². The second-order valence-corrected chi connectivity index (χ2v) is 18.5. The van der Waals surface area contributed by atoms with Gasteiger partial charge in [0.1, 0.15) is 13.2 Å². The summed E-state index contributed by atoms with van der Waals surface area (Å²) in [6, 6.07) is 0. The van der Waals surface area contributed by atoms with Gasteiger partial charge in [0, 0.05) is 19.3 Å². The van der Waals surface area contributed by atoms with Crippen LogP contribution in [0.1, 0.15) is 297 Å². The largest absolute Gasteiger partial charge is 0.462 e. The highest BCUT2D eigenvalue weighted by Gasteiger charge is 2.19. The third kappa shape index (κ3) is 48.9. The molecule has 62 heavy (non-hydrogen) atoms. The Morgan fingerprint density at radius 2 is 0.532 bits per heavy atom. The van der Waals surface area contributed by atoms with Crippen LogP contribution in [0.25, 0.3) is 0 Å². The highest BCUT2D eigenvalue weighted by atomic mass is 16.6. The van der Waals surface area contributed by atoms with E-state index in [0.29, 0.717) is 19.3 Å². The van der Waals surface area contributed by atoms with Gasteiger partial charge in [-0.15, -0.1) is 0 Å². The Kier molecular flexibility index (Phi) is 49.8. The summed E-state index contributed by atoms with van der Waals surface area (Å²) in [4.78, 5) is 38.0. The van der Waals surface area contributed by atoms with Crippen molar-refractivity contribution in [3.8, 4) is 0 Å². The summed E-state index contributed by atoms with van der Waals surface area (Å²) in [6.45, 7) is 6.65. The van der Waals surface area contributed by atoms with Crippen molar-refractivity contribution in [2.45, 2.75) is 303 Å². The standard InChI is InChI=1S/C56H104O6/c1-4-7-10-13-16-19-22-24-26-27-28-30-31-34-37-40-43-46-49-55(58)61-52-53(51-60-54(57)48-45-42-39-36-33-21-18-15-12-9-6-3)62-56(59)50-47-44-41-38-35-32-29-25-23-20-17-14-11-8-5-2/h25-27,29,53H,4-24,28,30-52H2,1-3H3/b27-26-,29-25-. The second kappa shape index (κ2) is 51.5. The van der Waals surface area contributed by atoms with Crippen molar-refractivity contribution in [3.05, 3.63) is 24.3 Å². The van der Waals surface area contributed by atoms with Crippen LogP contribution < -0.4 is 0 Å². The molecule has 0 aliphatic carbocycles. The van der Waals surface area contributed by atoms with Gasteiger partial charge in [0.05, 0.1) is 0 Å². The Bertz CT molecular complexity index is 1000. The fraction of sp³-hybridized carbons (Fsp3) is 0.875. The van der Waals surface area contributed by atoms with Crippen LogP contribution >= 0.6 is 0 Å². The van der Waals surface area contributed by atoms with E-state index in [1.165, 1.54) is 193 Å². The SMILES string of the molecule is CCCCCCCC/C=C\CCCCCCCC(=O)OC(COC(=O)CCCCCCCCC/C=C\CCCCCCCCC)COC(=O)CCCCCCCCCCCCC. The number of hydrogen-bond acceptors (Lipinski definition) is 6. The number of rotatable bonds is 50. The van der Waals surface area contributed by atoms with Crippen LogP contribution in [0.2, 0.25) is 0 Å². The zero-order valence-corrected chi connectivity index (χ0v) is 41.7. The average molecular weight is 873 g/mol. The van der Waals surface area contributed by atoms with Gasteiger partial charge in [-0.2, -0.15) is 0 Å². The van der Waals surface area contributed by atoms with Gasteiger partial charge in [-0.3, -0.25) is 14.4 Å². The number of ether oxygens (including phenoxy) is 3. The highest BCUT2D eigenvalue weighted by Crippen LogP contribution is 2.16. The first-order valence-electron chi connectivity index (χ1n) is 27.3. The number of allylic oxidation sites excluding steroid dienone is 4. The van der Waals surface area contributed by atoms with Gasteiger partial charge >= 0.3 is 17.9 Å². The average Bonchev–Trinajstić information content (AvgIpc) is 3.27. The van der Waals surface area contributed by atoms with Crippen molar-refractivity contribution in [1.82, 2.24) is 0 Å². The van der Waals surface area contributed by atoms with Crippen molar-refractivity contribution in [2.24, 2.45) is 0 Å². The van der Waals surface area contributed by atoms with E-state index in [2.05, 4.69) is 45.1 Å². The molecule has 0 radical (unpaired) electrons. The number of unbranched alkanes of at least 4 members (excludes halogenated alkanes) is 35. The lowest BCUT2D eigenvalue weighted by Gasteiger charge is -2.18. The zero-order valence-electron chi connectivity index (χ0n) is 41.7. The van der Waals surface area contributed by atoms with Crippen LogP contribution in [-0.4, -0.2) is 37.2 Å². The molecule has 0 saturated carbocycles. The van der Waals surface area contributed by atoms with Crippen molar-refractivity contribution >= 4 is 17.9 Å². The molecule has 0 N–H and O–H groups in total. The molecular weight excluding hydrogens is 769 g/mol. The quantitative estimate of drug-likeness (QED) is 0.0262. The molecule has 0 aliphatic rings. The molecule has 6 nitrogen and oxygen atoms in total. The second-order valence-electron chi connectivity index (χ2n) is 18.5. The van der Waals surface area contributed by atoms with Crippen molar-refractivity contribution in [3.63, 3.8) is 0 Å². The summed E-state index contributed by atoms with van der Waals surface area (Å²) >= 11 is 0. The monoisotopic (exact) mass is 873 g/mol. The Morgan fingerprint density at radius 3 is 0.806 bits per heavy atom. The Morgan fingerprint density at radius 1 is 0.306 bits per heavy atom. The van der Waals surface area contributed by atoms with Gasteiger partial charge < -0.3 is 14.2 Å². The van der Waals surface area contributed by atoms with E-state index in [-0.39, 0.29) is 31.1 Å². The molecule has 0 spiro atoms. The van der Waals surface area contributed by atoms with E-state index in [1.54, 1.807) is 0 Å². The Balaban J connectivity index is 4.32. The van der Waals surface area contributed by atoms with Crippen LogP contribution in [0, 0.1) is 0 Å². The molecular formula is C56H104O6. The fourth-order valence-corrected chi connectivity index (χ4v) is 8.02. The molecule has 0 saturated heterocycles. The summed E-state index contributed by atoms with van der Waals surface area (Å²) in [5.41, 5.74) is 0. The molecule has 0 aromatic heterocycles. The molecule has 0 aromatic rings. The van der Waals surface area contributed by atoms with Crippen LogP contribution in [-0.2, 0) is 28.6 Å². The molecule has 1 atom stereocenters. The number of esters is 3.